The Morgan fingerprint density at radius 1 is 1.32 bits per heavy atom. The topological polar surface area (TPSA) is 98.5 Å². The summed E-state index contributed by atoms with van der Waals surface area (Å²) in [6.07, 6.45) is 8.03. The molecular formula is C18H22N2O4S. The van der Waals surface area contributed by atoms with Crippen molar-refractivity contribution in [2.24, 2.45) is 11.7 Å². The van der Waals surface area contributed by atoms with Crippen LogP contribution in [0.2, 0.25) is 0 Å². The lowest BCUT2D eigenvalue weighted by Gasteiger charge is -2.19. The number of amides is 2. The summed E-state index contributed by atoms with van der Waals surface area (Å²) in [5.74, 6) is -1.52. The highest BCUT2D eigenvalue weighted by atomic mass is 32.1. The maximum Gasteiger partial charge on any atom is 0.310 e. The molecule has 134 valence electrons. The van der Waals surface area contributed by atoms with Gasteiger partial charge in [0.05, 0.1) is 11.5 Å². The minimum absolute atomic E-state index is 0.188. The first-order chi connectivity index (χ1) is 12.0. The average Bonchev–Trinajstić information content (AvgIpc) is 3.15. The average molecular weight is 362 g/mol. The van der Waals surface area contributed by atoms with Crippen molar-refractivity contribution in [1.82, 2.24) is 0 Å². The summed E-state index contributed by atoms with van der Waals surface area (Å²) in [5.41, 5.74) is 6.84. The lowest BCUT2D eigenvalue weighted by atomic mass is 9.95. The monoisotopic (exact) mass is 362 g/mol. The standard InChI is InChI=1S/C18H22N2O4S/c1-10(24-18(23)11-6-3-2-4-7-11)16(22)20-17-14(15(19)21)12-8-5-9-13(12)25-17/h2-3,10-11H,4-9H2,1H3,(H2,19,21)(H,20,22)/t10-,11-/m1/s1. The van der Waals surface area contributed by atoms with Crippen LogP contribution in [0.25, 0.3) is 0 Å². The van der Waals surface area contributed by atoms with Crippen LogP contribution in [0.4, 0.5) is 5.00 Å². The van der Waals surface area contributed by atoms with Gasteiger partial charge in [0.25, 0.3) is 11.8 Å². The number of nitrogens with one attached hydrogen (secondary N) is 1. The Morgan fingerprint density at radius 2 is 2.12 bits per heavy atom. The Balaban J connectivity index is 1.65. The molecule has 0 spiro atoms. The van der Waals surface area contributed by atoms with Crippen molar-refractivity contribution in [2.45, 2.75) is 51.6 Å². The Labute approximate surface area is 150 Å². The molecule has 2 atom stereocenters. The van der Waals surface area contributed by atoms with E-state index in [2.05, 4.69) is 5.32 Å². The number of primary amides is 1. The third-order valence-corrected chi connectivity index (χ3v) is 5.88. The molecule has 0 aromatic carbocycles. The van der Waals surface area contributed by atoms with Crippen LogP contribution < -0.4 is 11.1 Å². The number of nitrogens with two attached hydrogens (primary N) is 1. The maximum absolute atomic E-state index is 12.4. The highest BCUT2D eigenvalue weighted by molar-refractivity contribution is 7.17. The van der Waals surface area contributed by atoms with Gasteiger partial charge in [0.15, 0.2) is 6.10 Å². The molecule has 2 aliphatic carbocycles. The van der Waals surface area contributed by atoms with Gasteiger partial charge in [0.2, 0.25) is 0 Å². The zero-order chi connectivity index (χ0) is 18.0. The highest BCUT2D eigenvalue weighted by Gasteiger charge is 2.29. The molecule has 0 aliphatic heterocycles. The Hall–Kier alpha value is -2.15. The van der Waals surface area contributed by atoms with Crippen molar-refractivity contribution >= 4 is 34.1 Å². The van der Waals surface area contributed by atoms with Crippen LogP contribution >= 0.6 is 11.3 Å². The molecule has 2 aliphatic rings. The van der Waals surface area contributed by atoms with Gasteiger partial charge >= 0.3 is 5.97 Å². The first-order valence-electron chi connectivity index (χ1n) is 8.58. The van der Waals surface area contributed by atoms with Crippen molar-refractivity contribution in [2.75, 3.05) is 5.32 Å². The number of allylic oxidation sites excluding steroid dienone is 2. The molecule has 0 saturated heterocycles. The number of thiophene rings is 1. The van der Waals surface area contributed by atoms with Gasteiger partial charge < -0.3 is 15.8 Å². The molecular weight excluding hydrogens is 340 g/mol. The van der Waals surface area contributed by atoms with Crippen LogP contribution in [0.3, 0.4) is 0 Å². The molecule has 0 saturated carbocycles. The van der Waals surface area contributed by atoms with Crippen LogP contribution in [0.5, 0.6) is 0 Å². The molecule has 2 amide bonds. The van der Waals surface area contributed by atoms with Gasteiger partial charge in [0, 0.05) is 4.88 Å². The first kappa shape index (κ1) is 17.7. The fourth-order valence-electron chi connectivity index (χ4n) is 3.30. The minimum Gasteiger partial charge on any atom is -0.452 e. The summed E-state index contributed by atoms with van der Waals surface area (Å²) in [6.45, 7) is 1.54. The normalized spacial score (nSPS) is 20.0. The summed E-state index contributed by atoms with van der Waals surface area (Å²) in [7, 11) is 0. The van der Waals surface area contributed by atoms with E-state index in [4.69, 9.17) is 10.5 Å². The number of fused-ring (bicyclic) bond motifs is 1. The second kappa shape index (κ2) is 7.39. The van der Waals surface area contributed by atoms with Crippen molar-refractivity contribution in [3.05, 3.63) is 28.2 Å². The molecule has 3 N–H and O–H groups in total. The third kappa shape index (κ3) is 3.76. The number of esters is 1. The molecule has 0 unspecified atom stereocenters. The number of hydrogen-bond acceptors (Lipinski definition) is 5. The van der Waals surface area contributed by atoms with E-state index in [1.807, 2.05) is 12.2 Å². The van der Waals surface area contributed by atoms with Crippen LogP contribution in [0, 0.1) is 5.92 Å². The van der Waals surface area contributed by atoms with Crippen LogP contribution in [-0.2, 0) is 27.2 Å². The van der Waals surface area contributed by atoms with Crippen LogP contribution in [-0.4, -0.2) is 23.9 Å². The number of rotatable bonds is 5. The second-order valence-electron chi connectivity index (χ2n) is 6.48. The second-order valence-corrected chi connectivity index (χ2v) is 7.58. The predicted octanol–water partition coefficient (Wildman–Crippen LogP) is 2.56. The summed E-state index contributed by atoms with van der Waals surface area (Å²) in [5, 5.41) is 3.18. The molecule has 25 heavy (non-hydrogen) atoms. The zero-order valence-electron chi connectivity index (χ0n) is 14.2. The molecule has 0 fully saturated rings. The van der Waals surface area contributed by atoms with Crippen LogP contribution in [0.1, 0.15) is 53.4 Å². The molecule has 1 aromatic heterocycles. The molecule has 3 rings (SSSR count). The number of aryl methyl sites for hydroxylation is 1. The summed E-state index contributed by atoms with van der Waals surface area (Å²) < 4.78 is 5.31. The van der Waals surface area contributed by atoms with E-state index in [9.17, 15) is 14.4 Å². The SMILES string of the molecule is C[C@@H](OC(=O)[C@@H]1CC=CCC1)C(=O)Nc1sc2c(c1C(N)=O)CCC2. The van der Waals surface area contributed by atoms with E-state index in [1.54, 1.807) is 0 Å². The van der Waals surface area contributed by atoms with Gasteiger partial charge in [-0.05, 0) is 51.0 Å². The van der Waals surface area contributed by atoms with E-state index in [0.717, 1.165) is 42.5 Å². The molecule has 1 aromatic rings. The molecule has 7 heteroatoms. The van der Waals surface area contributed by atoms with Crippen molar-refractivity contribution < 1.29 is 19.1 Å². The van der Waals surface area contributed by atoms with Gasteiger partial charge in [0.1, 0.15) is 5.00 Å². The van der Waals surface area contributed by atoms with Gasteiger partial charge in [-0.2, -0.15) is 0 Å². The number of anilines is 1. The van der Waals surface area contributed by atoms with Crippen molar-refractivity contribution in [3.8, 4) is 0 Å². The predicted molar refractivity (Wildman–Crippen MR) is 95.5 cm³/mol. The molecule has 6 nitrogen and oxygen atoms in total. The fraction of sp³-hybridized carbons (Fsp3) is 0.500. The third-order valence-electron chi connectivity index (χ3n) is 4.67. The Morgan fingerprint density at radius 3 is 2.80 bits per heavy atom. The van der Waals surface area contributed by atoms with Gasteiger partial charge in [-0.3, -0.25) is 14.4 Å². The smallest absolute Gasteiger partial charge is 0.310 e. The zero-order valence-corrected chi connectivity index (χ0v) is 15.0. The van der Waals surface area contributed by atoms with E-state index in [0.29, 0.717) is 17.0 Å². The van der Waals surface area contributed by atoms with E-state index in [1.165, 1.54) is 18.3 Å². The Bertz CT molecular complexity index is 738. The molecule has 1 heterocycles. The van der Waals surface area contributed by atoms with E-state index >= 15 is 0 Å². The number of carbonyl (C=O) groups is 3. The largest absolute Gasteiger partial charge is 0.452 e. The van der Waals surface area contributed by atoms with Gasteiger partial charge in [-0.15, -0.1) is 11.3 Å². The highest BCUT2D eigenvalue weighted by Crippen LogP contribution is 2.38. The number of ether oxygens (including phenoxy) is 1. The van der Waals surface area contributed by atoms with Gasteiger partial charge in [-0.1, -0.05) is 12.2 Å². The van der Waals surface area contributed by atoms with E-state index in [-0.39, 0.29) is 11.9 Å². The van der Waals surface area contributed by atoms with E-state index < -0.39 is 17.9 Å². The summed E-state index contributed by atoms with van der Waals surface area (Å²) in [6, 6.07) is 0. The lowest BCUT2D eigenvalue weighted by Crippen LogP contribution is -2.33. The lowest BCUT2D eigenvalue weighted by molar-refractivity contribution is -0.157. The molecule has 0 radical (unpaired) electrons. The summed E-state index contributed by atoms with van der Waals surface area (Å²) in [4.78, 5) is 37.4. The van der Waals surface area contributed by atoms with Crippen molar-refractivity contribution in [1.29, 1.82) is 0 Å². The van der Waals surface area contributed by atoms with Gasteiger partial charge in [-0.25, -0.2) is 0 Å². The summed E-state index contributed by atoms with van der Waals surface area (Å²) >= 11 is 1.39. The Kier molecular flexibility index (Phi) is 5.22. The quantitative estimate of drug-likeness (QED) is 0.621. The number of carbonyl (C=O) groups excluding carboxylic acids is 3. The minimum atomic E-state index is -0.920. The fourth-order valence-corrected chi connectivity index (χ4v) is 4.60. The first-order valence-corrected chi connectivity index (χ1v) is 9.39. The number of hydrogen-bond donors (Lipinski definition) is 2. The van der Waals surface area contributed by atoms with Crippen LogP contribution in [0.15, 0.2) is 12.2 Å². The molecule has 0 bridgehead atoms. The maximum atomic E-state index is 12.4. The van der Waals surface area contributed by atoms with Crippen molar-refractivity contribution in [3.63, 3.8) is 0 Å².